The van der Waals surface area contributed by atoms with Crippen molar-refractivity contribution in [3.63, 3.8) is 0 Å². The van der Waals surface area contributed by atoms with Crippen molar-refractivity contribution >= 4 is 50.9 Å². The number of likely N-dealkylation sites (N-methyl/N-ethyl adjacent to an activating group) is 1. The highest BCUT2D eigenvalue weighted by Crippen LogP contribution is 2.25. The molecule has 3 rings (SSSR count). The van der Waals surface area contributed by atoms with Gasteiger partial charge in [-0.05, 0) is 35.4 Å². The third-order valence-electron chi connectivity index (χ3n) is 5.92. The number of halogens is 2. The average Bonchev–Trinajstić information content (AvgIpc) is 2.91. The lowest BCUT2D eigenvalue weighted by Gasteiger charge is -2.34. The smallest absolute Gasteiger partial charge is 0.304 e. The third-order valence-corrected chi connectivity index (χ3v) is 8.48. The van der Waals surface area contributed by atoms with Gasteiger partial charge in [-0.3, -0.25) is 9.59 Å². The van der Waals surface area contributed by atoms with Gasteiger partial charge in [0.05, 0.1) is 15.7 Å². The first-order chi connectivity index (χ1) is 18.0. The van der Waals surface area contributed by atoms with E-state index < -0.39 is 28.7 Å². The lowest BCUT2D eigenvalue weighted by Crippen LogP contribution is -2.53. The minimum atomic E-state index is -4.04. The number of carbonyl (C=O) groups is 2. The minimum Gasteiger partial charge on any atom is -0.357 e. The van der Waals surface area contributed by atoms with Crippen molar-refractivity contribution in [2.75, 3.05) is 32.0 Å². The van der Waals surface area contributed by atoms with Crippen molar-refractivity contribution in [2.45, 2.75) is 19.0 Å². The Balaban J connectivity index is 2.06. The zero-order valence-electron chi connectivity index (χ0n) is 21.3. The van der Waals surface area contributed by atoms with Gasteiger partial charge in [-0.2, -0.15) is 12.7 Å². The lowest BCUT2D eigenvalue weighted by atomic mass is 10.0. The van der Waals surface area contributed by atoms with E-state index in [-0.39, 0.29) is 18.9 Å². The fourth-order valence-corrected chi connectivity index (χ4v) is 5.24. The van der Waals surface area contributed by atoms with Gasteiger partial charge in [0, 0.05) is 34.1 Å². The van der Waals surface area contributed by atoms with E-state index in [9.17, 15) is 18.0 Å². The molecule has 0 aliphatic rings. The van der Waals surface area contributed by atoms with Crippen molar-refractivity contribution in [3.8, 4) is 0 Å². The van der Waals surface area contributed by atoms with Crippen LogP contribution >= 0.6 is 23.2 Å². The predicted octanol–water partition coefficient (Wildman–Crippen LogP) is 3.99. The summed E-state index contributed by atoms with van der Waals surface area (Å²) in [6, 6.07) is 21.7. The third kappa shape index (κ3) is 7.26. The van der Waals surface area contributed by atoms with Crippen LogP contribution in [0.3, 0.4) is 0 Å². The summed E-state index contributed by atoms with van der Waals surface area (Å²) in [7, 11) is 0.248. The van der Waals surface area contributed by atoms with Gasteiger partial charge >= 0.3 is 10.2 Å². The summed E-state index contributed by atoms with van der Waals surface area (Å²) in [4.78, 5) is 28.5. The van der Waals surface area contributed by atoms with Crippen LogP contribution in [0.2, 0.25) is 10.0 Å². The molecule has 0 heterocycles. The Bertz CT molecular complexity index is 1360. The second-order valence-electron chi connectivity index (χ2n) is 8.72. The monoisotopic (exact) mass is 576 g/mol. The Hall–Kier alpha value is -3.11. The molecule has 0 saturated carbocycles. The van der Waals surface area contributed by atoms with Gasteiger partial charge in [0.15, 0.2) is 0 Å². The second kappa shape index (κ2) is 13.1. The van der Waals surface area contributed by atoms with E-state index in [0.717, 1.165) is 14.2 Å². The van der Waals surface area contributed by atoms with Gasteiger partial charge in [0.25, 0.3) is 0 Å². The molecule has 8 nitrogen and oxygen atoms in total. The van der Waals surface area contributed by atoms with Gasteiger partial charge in [0.1, 0.15) is 12.6 Å². The Morgan fingerprint density at radius 2 is 1.47 bits per heavy atom. The lowest BCUT2D eigenvalue weighted by molar-refractivity contribution is -0.139. The first kappa shape index (κ1) is 29.4. The normalized spacial score (nSPS) is 12.2. The van der Waals surface area contributed by atoms with Crippen molar-refractivity contribution in [1.82, 2.24) is 14.5 Å². The molecule has 3 aromatic rings. The number of carbonyl (C=O) groups excluding carboxylic acids is 2. The van der Waals surface area contributed by atoms with E-state index in [1.807, 2.05) is 30.3 Å². The highest BCUT2D eigenvalue weighted by atomic mass is 35.5. The summed E-state index contributed by atoms with van der Waals surface area (Å²) in [5.41, 5.74) is 1.80. The zero-order valence-corrected chi connectivity index (χ0v) is 23.7. The number of nitrogens with zero attached hydrogens (tertiary/aromatic N) is 3. The van der Waals surface area contributed by atoms with Crippen molar-refractivity contribution in [1.29, 1.82) is 0 Å². The van der Waals surface area contributed by atoms with Gasteiger partial charge in [-0.1, -0.05) is 77.8 Å². The van der Waals surface area contributed by atoms with Crippen LogP contribution in [0.1, 0.15) is 11.1 Å². The molecule has 0 fully saturated rings. The highest BCUT2D eigenvalue weighted by molar-refractivity contribution is 7.90. The van der Waals surface area contributed by atoms with E-state index in [1.54, 1.807) is 48.5 Å². The summed E-state index contributed by atoms with van der Waals surface area (Å²) in [5, 5.41) is 3.30. The summed E-state index contributed by atoms with van der Waals surface area (Å²) in [6.45, 7) is -0.514. The van der Waals surface area contributed by atoms with E-state index in [2.05, 4.69) is 5.32 Å². The number of anilines is 1. The van der Waals surface area contributed by atoms with Crippen LogP contribution < -0.4 is 9.62 Å². The largest absolute Gasteiger partial charge is 0.357 e. The molecule has 1 atom stereocenters. The summed E-state index contributed by atoms with van der Waals surface area (Å²) in [6.07, 6.45) is 0.222. The van der Waals surface area contributed by atoms with Crippen LogP contribution in [0.25, 0.3) is 0 Å². The van der Waals surface area contributed by atoms with Gasteiger partial charge in [-0.25, -0.2) is 4.31 Å². The number of hydrogen-bond donors (Lipinski definition) is 1. The van der Waals surface area contributed by atoms with Crippen LogP contribution in [0.4, 0.5) is 5.69 Å². The molecule has 0 saturated heterocycles. The van der Waals surface area contributed by atoms with Gasteiger partial charge < -0.3 is 10.2 Å². The first-order valence-corrected chi connectivity index (χ1v) is 13.9. The average molecular weight is 578 g/mol. The summed E-state index contributed by atoms with van der Waals surface area (Å²) >= 11 is 12.3. The van der Waals surface area contributed by atoms with E-state index >= 15 is 0 Å². The molecule has 3 aromatic carbocycles. The quantitative estimate of drug-likeness (QED) is 0.373. The van der Waals surface area contributed by atoms with E-state index in [0.29, 0.717) is 21.3 Å². The van der Waals surface area contributed by atoms with Crippen LogP contribution in [-0.4, -0.2) is 63.2 Å². The Kier molecular flexibility index (Phi) is 10.2. The maximum absolute atomic E-state index is 14.0. The number of rotatable bonds is 11. The molecule has 0 aromatic heterocycles. The molecule has 202 valence electrons. The number of benzene rings is 3. The Morgan fingerprint density at radius 1 is 0.868 bits per heavy atom. The SMILES string of the molecule is CNC(=O)[C@H](Cc1ccccc1)N(Cc1ccc(Cl)c(Cl)c1)C(=O)CN(c1ccccc1)S(=O)(=O)N(C)C. The predicted molar refractivity (Wildman–Crippen MR) is 151 cm³/mol. The molecule has 1 N–H and O–H groups in total. The van der Waals surface area contributed by atoms with Crippen LogP contribution in [-0.2, 0) is 32.8 Å². The first-order valence-electron chi connectivity index (χ1n) is 11.8. The molecular weight excluding hydrogens is 547 g/mol. The minimum absolute atomic E-state index is 0.00524. The Labute approximate surface area is 233 Å². The fraction of sp³-hybridized carbons (Fsp3) is 0.259. The van der Waals surface area contributed by atoms with Crippen LogP contribution in [0.5, 0.6) is 0 Å². The number of nitrogens with one attached hydrogen (secondary N) is 1. The summed E-state index contributed by atoms with van der Waals surface area (Å²) < 4.78 is 28.6. The zero-order chi connectivity index (χ0) is 27.9. The van der Waals surface area contributed by atoms with E-state index in [4.69, 9.17) is 23.2 Å². The fourth-order valence-electron chi connectivity index (χ4n) is 3.87. The van der Waals surface area contributed by atoms with Crippen molar-refractivity contribution in [3.05, 3.63) is 100 Å². The summed E-state index contributed by atoms with van der Waals surface area (Å²) in [5.74, 6) is -0.945. The van der Waals surface area contributed by atoms with Crippen molar-refractivity contribution in [2.24, 2.45) is 0 Å². The molecule has 0 aliphatic carbocycles. The standard InChI is InChI=1S/C27H30Cl2N4O4S/c1-30-27(35)25(17-20-10-6-4-7-11-20)32(18-21-14-15-23(28)24(29)16-21)26(34)19-33(38(36,37)31(2)3)22-12-8-5-9-13-22/h4-16,25H,17-19H2,1-3H3,(H,30,35)/t25-/m0/s1. The van der Waals surface area contributed by atoms with E-state index in [1.165, 1.54) is 26.0 Å². The van der Waals surface area contributed by atoms with Gasteiger partial charge in [-0.15, -0.1) is 0 Å². The molecule has 11 heteroatoms. The molecule has 0 radical (unpaired) electrons. The van der Waals surface area contributed by atoms with Crippen LogP contribution in [0.15, 0.2) is 78.9 Å². The highest BCUT2D eigenvalue weighted by Gasteiger charge is 2.34. The molecule has 0 unspecified atom stereocenters. The van der Waals surface area contributed by atoms with Crippen molar-refractivity contribution < 1.29 is 18.0 Å². The molecular formula is C27H30Cl2N4O4S. The van der Waals surface area contributed by atoms with Crippen LogP contribution in [0, 0.1) is 0 Å². The molecule has 0 spiro atoms. The molecule has 0 aliphatic heterocycles. The topological polar surface area (TPSA) is 90.0 Å². The molecule has 0 bridgehead atoms. The second-order valence-corrected chi connectivity index (χ2v) is 11.6. The number of hydrogen-bond acceptors (Lipinski definition) is 4. The maximum atomic E-state index is 14.0. The Morgan fingerprint density at radius 3 is 2.03 bits per heavy atom. The number of amides is 2. The maximum Gasteiger partial charge on any atom is 0.304 e. The molecule has 2 amide bonds. The molecule has 38 heavy (non-hydrogen) atoms. The van der Waals surface area contributed by atoms with Gasteiger partial charge in [0.2, 0.25) is 11.8 Å². The number of para-hydroxylation sites is 1.